The van der Waals surface area contributed by atoms with Gasteiger partial charge in [0.2, 0.25) is 0 Å². The van der Waals surface area contributed by atoms with Crippen molar-refractivity contribution < 1.29 is 19.4 Å². The van der Waals surface area contributed by atoms with Gasteiger partial charge in [0.1, 0.15) is 11.5 Å². The first kappa shape index (κ1) is 22.1. The Morgan fingerprint density at radius 2 is 1.64 bits per heavy atom. The monoisotopic (exact) mass is 442 g/mol. The fourth-order valence-corrected chi connectivity index (χ4v) is 4.11. The molecule has 1 unspecified atom stereocenters. The minimum atomic E-state index is -0.776. The molecule has 0 aliphatic carbocycles. The van der Waals surface area contributed by atoms with E-state index in [1.807, 2.05) is 86.6 Å². The quantitative estimate of drug-likeness (QED) is 0.353. The molecule has 1 fully saturated rings. The lowest BCUT2D eigenvalue weighted by Gasteiger charge is -2.26. The minimum Gasteiger partial charge on any atom is -0.507 e. The lowest BCUT2D eigenvalue weighted by molar-refractivity contribution is -0.132. The molecule has 4 rings (SSSR count). The maximum Gasteiger partial charge on any atom is 0.300 e. The molecular weight excluding hydrogens is 416 g/mol. The summed E-state index contributed by atoms with van der Waals surface area (Å²) < 4.78 is 5.42. The van der Waals surface area contributed by atoms with Gasteiger partial charge in [-0.05, 0) is 48.9 Å². The molecular formula is C27H26N2O4. The molecule has 3 aromatic rings. The van der Waals surface area contributed by atoms with Gasteiger partial charge < -0.3 is 14.7 Å². The van der Waals surface area contributed by atoms with Crippen molar-refractivity contribution in [2.45, 2.75) is 13.0 Å². The zero-order valence-corrected chi connectivity index (χ0v) is 19.1. The molecule has 33 heavy (non-hydrogen) atoms. The number of aryl methyl sites for hydroxylation is 1. The van der Waals surface area contributed by atoms with Crippen molar-refractivity contribution >= 4 is 28.8 Å². The smallest absolute Gasteiger partial charge is 0.300 e. The molecule has 168 valence electrons. The number of aliphatic hydroxyl groups excluding tert-OH is 1. The van der Waals surface area contributed by atoms with Crippen molar-refractivity contribution in [1.82, 2.24) is 0 Å². The number of rotatable bonds is 5. The standard InChI is InChI=1S/C27H26N2O4/c1-17-10-15-22(33-4)21(16-17)25(30)23-24(18-8-6-5-7-9-18)29(27(32)26(23)31)20-13-11-19(12-14-20)28(2)3/h5-16,24,30H,1-4H3/b25-23+. The van der Waals surface area contributed by atoms with Crippen LogP contribution in [0.3, 0.4) is 0 Å². The van der Waals surface area contributed by atoms with Crippen molar-refractivity contribution in [2.75, 3.05) is 31.0 Å². The number of ether oxygens (including phenoxy) is 1. The van der Waals surface area contributed by atoms with Crippen LogP contribution >= 0.6 is 0 Å². The Balaban J connectivity index is 1.94. The average Bonchev–Trinajstić information content (AvgIpc) is 3.09. The number of methoxy groups -OCH3 is 1. The summed E-state index contributed by atoms with van der Waals surface area (Å²) in [5.41, 5.74) is 3.57. The highest BCUT2D eigenvalue weighted by Gasteiger charge is 2.47. The van der Waals surface area contributed by atoms with Crippen molar-refractivity contribution in [3.63, 3.8) is 0 Å². The molecule has 1 saturated heterocycles. The average molecular weight is 443 g/mol. The number of carbonyl (C=O) groups excluding carboxylic acids is 2. The van der Waals surface area contributed by atoms with Gasteiger partial charge in [0, 0.05) is 25.5 Å². The van der Waals surface area contributed by atoms with E-state index in [0.717, 1.165) is 16.8 Å². The Kier molecular flexibility index (Phi) is 5.92. The zero-order valence-electron chi connectivity index (χ0n) is 19.1. The second-order valence-corrected chi connectivity index (χ2v) is 8.19. The number of hydrogen-bond acceptors (Lipinski definition) is 5. The van der Waals surface area contributed by atoms with Crippen LogP contribution in [0.4, 0.5) is 11.4 Å². The number of nitrogens with zero attached hydrogens (tertiary/aromatic N) is 2. The molecule has 1 aliphatic heterocycles. The van der Waals surface area contributed by atoms with Crippen LogP contribution in [0, 0.1) is 6.92 Å². The first-order chi connectivity index (χ1) is 15.8. The fraction of sp³-hybridized carbons (Fsp3) is 0.185. The predicted octanol–water partition coefficient (Wildman–Crippen LogP) is 4.70. The summed E-state index contributed by atoms with van der Waals surface area (Å²) in [6.45, 7) is 1.88. The Morgan fingerprint density at radius 3 is 2.24 bits per heavy atom. The summed E-state index contributed by atoms with van der Waals surface area (Å²) >= 11 is 0. The molecule has 1 heterocycles. The highest BCUT2D eigenvalue weighted by Crippen LogP contribution is 2.43. The molecule has 1 N–H and O–H groups in total. The van der Waals surface area contributed by atoms with Crippen molar-refractivity contribution in [3.8, 4) is 5.75 Å². The van der Waals surface area contributed by atoms with E-state index in [4.69, 9.17) is 4.74 Å². The van der Waals surface area contributed by atoms with E-state index in [9.17, 15) is 14.7 Å². The zero-order chi connectivity index (χ0) is 23.7. The molecule has 1 atom stereocenters. The van der Waals surface area contributed by atoms with E-state index >= 15 is 0 Å². The van der Waals surface area contributed by atoms with Crippen LogP contribution < -0.4 is 14.5 Å². The molecule has 6 heteroatoms. The topological polar surface area (TPSA) is 70.1 Å². The van der Waals surface area contributed by atoms with Crippen molar-refractivity contribution in [2.24, 2.45) is 0 Å². The van der Waals surface area contributed by atoms with Crippen LogP contribution in [-0.4, -0.2) is 38.0 Å². The van der Waals surface area contributed by atoms with Crippen LogP contribution in [0.5, 0.6) is 5.75 Å². The molecule has 6 nitrogen and oxygen atoms in total. The van der Waals surface area contributed by atoms with Crippen molar-refractivity contribution in [3.05, 3.63) is 95.1 Å². The van der Waals surface area contributed by atoms with E-state index in [0.29, 0.717) is 17.0 Å². The first-order valence-corrected chi connectivity index (χ1v) is 10.6. The molecule has 0 aromatic heterocycles. The molecule has 0 bridgehead atoms. The van der Waals surface area contributed by atoms with Gasteiger partial charge in [-0.25, -0.2) is 0 Å². The first-order valence-electron chi connectivity index (χ1n) is 10.6. The lowest BCUT2D eigenvalue weighted by Crippen LogP contribution is -2.29. The molecule has 0 spiro atoms. The Bertz CT molecular complexity index is 1230. The summed E-state index contributed by atoms with van der Waals surface area (Å²) in [6, 6.07) is 21.2. The van der Waals surface area contributed by atoms with Gasteiger partial charge in [0.15, 0.2) is 0 Å². The Hall–Kier alpha value is -4.06. The third-order valence-corrected chi connectivity index (χ3v) is 5.81. The highest BCUT2D eigenvalue weighted by atomic mass is 16.5. The molecule has 1 amide bonds. The van der Waals surface area contributed by atoms with Gasteiger partial charge in [-0.2, -0.15) is 0 Å². The maximum atomic E-state index is 13.3. The number of benzene rings is 3. The number of anilines is 2. The fourth-order valence-electron chi connectivity index (χ4n) is 4.11. The van der Waals surface area contributed by atoms with Gasteiger partial charge >= 0.3 is 0 Å². The van der Waals surface area contributed by atoms with E-state index < -0.39 is 17.7 Å². The maximum absolute atomic E-state index is 13.3. The lowest BCUT2D eigenvalue weighted by atomic mass is 9.94. The van der Waals surface area contributed by atoms with Crippen LogP contribution in [0.1, 0.15) is 22.7 Å². The van der Waals surface area contributed by atoms with Crippen LogP contribution in [-0.2, 0) is 9.59 Å². The summed E-state index contributed by atoms with van der Waals surface area (Å²) in [5.74, 6) is -1.25. The molecule has 0 radical (unpaired) electrons. The number of carbonyl (C=O) groups is 2. The summed E-state index contributed by atoms with van der Waals surface area (Å²) in [4.78, 5) is 30.0. The second kappa shape index (κ2) is 8.82. The predicted molar refractivity (Wildman–Crippen MR) is 130 cm³/mol. The normalized spacial score (nSPS) is 17.3. The summed E-state index contributed by atoms with van der Waals surface area (Å²) in [7, 11) is 5.36. The number of ketones is 1. The second-order valence-electron chi connectivity index (χ2n) is 8.19. The number of aliphatic hydroxyl groups is 1. The number of amides is 1. The molecule has 1 aliphatic rings. The van der Waals surface area contributed by atoms with Gasteiger partial charge in [-0.3, -0.25) is 14.5 Å². The largest absolute Gasteiger partial charge is 0.507 e. The summed E-state index contributed by atoms with van der Waals surface area (Å²) in [5, 5.41) is 11.4. The SMILES string of the molecule is COc1ccc(C)cc1/C(O)=C1\C(=O)C(=O)N(c2ccc(N(C)C)cc2)C1c1ccccc1. The molecule has 3 aromatic carbocycles. The minimum absolute atomic E-state index is 0.0341. The van der Waals surface area contributed by atoms with Gasteiger partial charge in [0.25, 0.3) is 11.7 Å². The number of Topliss-reactive ketones (excluding diaryl/α,β-unsaturated/α-hetero) is 1. The number of hydrogen-bond donors (Lipinski definition) is 1. The third kappa shape index (κ3) is 3.96. The van der Waals surface area contributed by atoms with E-state index in [2.05, 4.69) is 0 Å². The van der Waals surface area contributed by atoms with Crippen molar-refractivity contribution in [1.29, 1.82) is 0 Å². The van der Waals surface area contributed by atoms with Gasteiger partial charge in [-0.15, -0.1) is 0 Å². The van der Waals surface area contributed by atoms with Gasteiger partial charge in [0.05, 0.1) is 24.3 Å². The summed E-state index contributed by atoms with van der Waals surface area (Å²) in [6.07, 6.45) is 0. The Labute approximate surface area is 193 Å². The molecule has 0 saturated carbocycles. The van der Waals surface area contributed by atoms with Crippen LogP contribution in [0.15, 0.2) is 78.4 Å². The van der Waals surface area contributed by atoms with E-state index in [1.54, 1.807) is 12.1 Å². The van der Waals surface area contributed by atoms with E-state index in [1.165, 1.54) is 12.0 Å². The third-order valence-electron chi connectivity index (χ3n) is 5.81. The highest BCUT2D eigenvalue weighted by molar-refractivity contribution is 6.51. The Morgan fingerprint density at radius 1 is 0.970 bits per heavy atom. The van der Waals surface area contributed by atoms with Crippen LogP contribution in [0.25, 0.3) is 5.76 Å². The van der Waals surface area contributed by atoms with Crippen LogP contribution in [0.2, 0.25) is 0 Å². The van der Waals surface area contributed by atoms with E-state index in [-0.39, 0.29) is 11.3 Å². The van der Waals surface area contributed by atoms with Gasteiger partial charge in [-0.1, -0.05) is 42.0 Å².